The van der Waals surface area contributed by atoms with Gasteiger partial charge in [0.2, 0.25) is 0 Å². The van der Waals surface area contributed by atoms with Gasteiger partial charge in [0.05, 0.1) is 10.5 Å². The van der Waals surface area contributed by atoms with Gasteiger partial charge in [-0.1, -0.05) is 22.0 Å². The topological polar surface area (TPSA) is 61.6 Å². The third-order valence-corrected chi connectivity index (χ3v) is 3.40. The molecule has 0 atom stereocenters. The second-order valence-corrected chi connectivity index (χ2v) is 5.22. The van der Waals surface area contributed by atoms with E-state index in [2.05, 4.69) is 15.9 Å². The fraction of sp³-hybridized carbons (Fsp3) is 0.200. The minimum absolute atomic E-state index is 0.0568. The van der Waals surface area contributed by atoms with E-state index in [-0.39, 0.29) is 5.69 Å². The van der Waals surface area contributed by atoms with Crippen LogP contribution in [0.4, 0.5) is 5.69 Å². The summed E-state index contributed by atoms with van der Waals surface area (Å²) in [5.74, 6) is 1.25. The summed E-state index contributed by atoms with van der Waals surface area (Å²) in [6.07, 6.45) is 0. The molecule has 0 amide bonds. The predicted octanol–water partition coefficient (Wildman–Crippen LogP) is 4.12. The van der Waals surface area contributed by atoms with Crippen LogP contribution >= 0.6 is 15.9 Å². The van der Waals surface area contributed by atoms with E-state index < -0.39 is 4.92 Å². The van der Waals surface area contributed by atoms with Crippen LogP contribution in [0.1, 0.15) is 5.56 Å². The first kappa shape index (κ1) is 15.3. The van der Waals surface area contributed by atoms with E-state index in [4.69, 9.17) is 9.47 Å². The highest BCUT2D eigenvalue weighted by Crippen LogP contribution is 2.26. The molecule has 0 aromatic heterocycles. The Labute approximate surface area is 130 Å². The van der Waals surface area contributed by atoms with E-state index in [0.717, 1.165) is 10.2 Å². The van der Waals surface area contributed by atoms with Crippen LogP contribution in [0.15, 0.2) is 46.9 Å². The maximum atomic E-state index is 10.8. The summed E-state index contributed by atoms with van der Waals surface area (Å²) in [4.78, 5) is 10.4. The van der Waals surface area contributed by atoms with Crippen LogP contribution in [0, 0.1) is 17.0 Å². The number of halogens is 1. The van der Waals surface area contributed by atoms with Crippen LogP contribution in [0.5, 0.6) is 11.5 Å². The van der Waals surface area contributed by atoms with Crippen LogP contribution in [0.25, 0.3) is 0 Å². The second kappa shape index (κ2) is 7.08. The zero-order valence-corrected chi connectivity index (χ0v) is 13.0. The SMILES string of the molecule is Cc1c(OCCOc2ccc(Br)cc2)cccc1[N+](=O)[O-]. The molecule has 110 valence electrons. The van der Waals surface area contributed by atoms with E-state index in [1.807, 2.05) is 24.3 Å². The molecular formula is C15H14BrNO4. The van der Waals surface area contributed by atoms with Gasteiger partial charge in [-0.15, -0.1) is 0 Å². The van der Waals surface area contributed by atoms with Gasteiger partial charge in [-0.2, -0.15) is 0 Å². The van der Waals surface area contributed by atoms with E-state index in [0.29, 0.717) is 24.5 Å². The average Bonchev–Trinajstić information content (AvgIpc) is 2.46. The summed E-state index contributed by atoms with van der Waals surface area (Å²) >= 11 is 3.35. The van der Waals surface area contributed by atoms with Crippen molar-refractivity contribution in [3.63, 3.8) is 0 Å². The monoisotopic (exact) mass is 351 g/mol. The Balaban J connectivity index is 1.88. The lowest BCUT2D eigenvalue weighted by molar-refractivity contribution is -0.385. The van der Waals surface area contributed by atoms with Crippen molar-refractivity contribution in [2.45, 2.75) is 6.92 Å². The first-order valence-corrected chi connectivity index (χ1v) is 7.12. The molecule has 0 fully saturated rings. The van der Waals surface area contributed by atoms with Crippen LogP contribution in [0.2, 0.25) is 0 Å². The highest BCUT2D eigenvalue weighted by Gasteiger charge is 2.13. The molecule has 2 aromatic carbocycles. The Hall–Kier alpha value is -2.08. The number of nitro benzene ring substituents is 1. The van der Waals surface area contributed by atoms with Gasteiger partial charge in [0.15, 0.2) is 0 Å². The van der Waals surface area contributed by atoms with Crippen molar-refractivity contribution in [1.29, 1.82) is 0 Å². The van der Waals surface area contributed by atoms with Crippen molar-refractivity contribution in [3.05, 3.63) is 62.6 Å². The van der Waals surface area contributed by atoms with Crippen LogP contribution in [0.3, 0.4) is 0 Å². The number of ether oxygens (including phenoxy) is 2. The van der Waals surface area contributed by atoms with Crippen molar-refractivity contribution in [1.82, 2.24) is 0 Å². The number of nitrogens with zero attached hydrogens (tertiary/aromatic N) is 1. The van der Waals surface area contributed by atoms with E-state index in [9.17, 15) is 10.1 Å². The summed E-state index contributed by atoms with van der Waals surface area (Å²) in [7, 11) is 0. The zero-order chi connectivity index (χ0) is 15.2. The summed E-state index contributed by atoms with van der Waals surface area (Å²) in [6.45, 7) is 2.35. The van der Waals surface area contributed by atoms with Crippen LogP contribution in [-0.2, 0) is 0 Å². The number of nitro groups is 1. The van der Waals surface area contributed by atoms with Gasteiger partial charge in [0, 0.05) is 10.5 Å². The minimum Gasteiger partial charge on any atom is -0.490 e. The number of hydrogen-bond donors (Lipinski definition) is 0. The van der Waals surface area contributed by atoms with Crippen molar-refractivity contribution in [3.8, 4) is 11.5 Å². The van der Waals surface area contributed by atoms with Gasteiger partial charge in [-0.25, -0.2) is 0 Å². The van der Waals surface area contributed by atoms with Gasteiger partial charge >= 0.3 is 0 Å². The molecule has 0 saturated carbocycles. The largest absolute Gasteiger partial charge is 0.490 e. The smallest absolute Gasteiger partial charge is 0.276 e. The van der Waals surface area contributed by atoms with Gasteiger partial charge < -0.3 is 9.47 Å². The molecule has 0 spiro atoms. The molecule has 21 heavy (non-hydrogen) atoms. The number of hydrogen-bond acceptors (Lipinski definition) is 4. The van der Waals surface area contributed by atoms with Crippen molar-refractivity contribution in [2.75, 3.05) is 13.2 Å². The van der Waals surface area contributed by atoms with E-state index in [1.165, 1.54) is 6.07 Å². The second-order valence-electron chi connectivity index (χ2n) is 4.31. The molecule has 0 saturated heterocycles. The Kier molecular flexibility index (Phi) is 5.16. The van der Waals surface area contributed by atoms with Crippen molar-refractivity contribution in [2.24, 2.45) is 0 Å². The first-order valence-electron chi connectivity index (χ1n) is 6.33. The molecule has 2 aromatic rings. The lowest BCUT2D eigenvalue weighted by atomic mass is 10.2. The molecule has 0 radical (unpaired) electrons. The quantitative estimate of drug-likeness (QED) is 0.446. The fourth-order valence-electron chi connectivity index (χ4n) is 1.80. The molecular weight excluding hydrogens is 338 g/mol. The summed E-state index contributed by atoms with van der Waals surface area (Å²) in [5.41, 5.74) is 0.576. The molecule has 0 aliphatic heterocycles. The molecule has 0 bridgehead atoms. The predicted molar refractivity (Wildman–Crippen MR) is 83.0 cm³/mol. The number of benzene rings is 2. The van der Waals surface area contributed by atoms with Crippen LogP contribution < -0.4 is 9.47 Å². The molecule has 5 nitrogen and oxygen atoms in total. The van der Waals surface area contributed by atoms with Crippen molar-refractivity contribution < 1.29 is 14.4 Å². The summed E-state index contributed by atoms with van der Waals surface area (Å²) in [5, 5.41) is 10.8. The Bertz CT molecular complexity index is 628. The summed E-state index contributed by atoms with van der Waals surface area (Å²) < 4.78 is 12.0. The van der Waals surface area contributed by atoms with Crippen molar-refractivity contribution >= 4 is 21.6 Å². The molecule has 0 unspecified atom stereocenters. The molecule has 6 heteroatoms. The van der Waals surface area contributed by atoms with Gasteiger partial charge in [0.25, 0.3) is 5.69 Å². The first-order chi connectivity index (χ1) is 10.1. The number of rotatable bonds is 6. The Morgan fingerprint density at radius 2 is 1.76 bits per heavy atom. The highest BCUT2D eigenvalue weighted by molar-refractivity contribution is 9.10. The maximum absolute atomic E-state index is 10.8. The van der Waals surface area contributed by atoms with Gasteiger partial charge in [0.1, 0.15) is 24.7 Å². The standard InChI is InChI=1S/C15H14BrNO4/c1-11-14(17(18)19)3-2-4-15(11)21-10-9-20-13-7-5-12(16)6-8-13/h2-8H,9-10H2,1H3. The third kappa shape index (κ3) is 4.19. The van der Waals surface area contributed by atoms with E-state index in [1.54, 1.807) is 19.1 Å². The zero-order valence-electron chi connectivity index (χ0n) is 11.4. The lowest BCUT2D eigenvalue weighted by Gasteiger charge is -2.10. The Morgan fingerprint density at radius 3 is 2.43 bits per heavy atom. The average molecular weight is 352 g/mol. The third-order valence-electron chi connectivity index (χ3n) is 2.88. The normalized spacial score (nSPS) is 10.2. The molecule has 0 N–H and O–H groups in total. The lowest BCUT2D eigenvalue weighted by Crippen LogP contribution is -2.09. The molecule has 0 heterocycles. The summed E-state index contributed by atoms with van der Waals surface area (Å²) in [6, 6.07) is 12.3. The van der Waals surface area contributed by atoms with Crippen LogP contribution in [-0.4, -0.2) is 18.1 Å². The Morgan fingerprint density at radius 1 is 1.10 bits per heavy atom. The highest BCUT2D eigenvalue weighted by atomic mass is 79.9. The molecule has 2 rings (SSSR count). The van der Waals surface area contributed by atoms with Gasteiger partial charge in [-0.3, -0.25) is 10.1 Å². The van der Waals surface area contributed by atoms with E-state index >= 15 is 0 Å². The molecule has 0 aliphatic rings. The molecule has 0 aliphatic carbocycles. The van der Waals surface area contributed by atoms with Gasteiger partial charge in [-0.05, 0) is 37.3 Å². The minimum atomic E-state index is -0.416. The fourth-order valence-corrected chi connectivity index (χ4v) is 2.06. The maximum Gasteiger partial charge on any atom is 0.276 e.